The third-order valence-electron chi connectivity index (χ3n) is 7.06. The molecule has 6 nitrogen and oxygen atoms in total. The van der Waals surface area contributed by atoms with E-state index in [9.17, 15) is 9.65 Å². The Morgan fingerprint density at radius 2 is 1.68 bits per heavy atom. The van der Waals surface area contributed by atoms with E-state index in [4.69, 9.17) is 4.98 Å². The fraction of sp³-hybridized carbons (Fsp3) is 0.345. The summed E-state index contributed by atoms with van der Waals surface area (Å²) in [5.74, 6) is 0.613. The molecule has 4 aromatic rings. The molecular weight excluding hydrogens is 470 g/mol. The summed E-state index contributed by atoms with van der Waals surface area (Å²) in [7, 11) is 1.87. The lowest BCUT2D eigenvalue weighted by Crippen LogP contribution is -2.27. The molecule has 3 heterocycles. The topological polar surface area (TPSA) is 61.0 Å². The van der Waals surface area contributed by atoms with Crippen molar-refractivity contribution in [1.29, 1.82) is 5.26 Å². The molecule has 0 saturated carbocycles. The normalized spacial score (nSPS) is 14.3. The number of nitriles is 1. The Labute approximate surface area is 215 Å². The Morgan fingerprint density at radius 1 is 0.973 bits per heavy atom. The van der Waals surface area contributed by atoms with Crippen molar-refractivity contribution in [2.75, 3.05) is 29.9 Å². The first-order valence-corrected chi connectivity index (χ1v) is 12.9. The number of halogens is 2. The second-order valence-electron chi connectivity index (χ2n) is 9.46. The molecule has 37 heavy (non-hydrogen) atoms. The fourth-order valence-electron chi connectivity index (χ4n) is 5.09. The second kappa shape index (κ2) is 10.6. The average Bonchev–Trinajstić information content (AvgIpc) is 3.27. The molecular formula is C29H30F2N6. The quantitative estimate of drug-likeness (QED) is 0.301. The number of pyridine rings is 1. The third-order valence-corrected chi connectivity index (χ3v) is 7.06. The van der Waals surface area contributed by atoms with E-state index < -0.39 is 0 Å². The first kappa shape index (κ1) is 24.7. The van der Waals surface area contributed by atoms with Crippen LogP contribution in [0.5, 0.6) is 0 Å². The number of benzene rings is 2. The predicted octanol–water partition coefficient (Wildman–Crippen LogP) is 6.81. The van der Waals surface area contributed by atoms with Crippen LogP contribution >= 0.6 is 0 Å². The zero-order valence-corrected chi connectivity index (χ0v) is 21.2. The van der Waals surface area contributed by atoms with Crippen molar-refractivity contribution >= 4 is 28.2 Å². The molecule has 190 valence electrons. The Kier molecular flexibility index (Phi) is 7.04. The van der Waals surface area contributed by atoms with Crippen molar-refractivity contribution in [1.82, 2.24) is 14.8 Å². The van der Waals surface area contributed by atoms with Gasteiger partial charge in [0.15, 0.2) is 5.82 Å². The Morgan fingerprint density at radius 3 is 2.35 bits per heavy atom. The molecule has 2 aromatic carbocycles. The van der Waals surface area contributed by atoms with Crippen LogP contribution in [-0.2, 0) is 6.54 Å². The summed E-state index contributed by atoms with van der Waals surface area (Å²) < 4.78 is 30.7. The van der Waals surface area contributed by atoms with E-state index in [1.54, 1.807) is 35.0 Å². The van der Waals surface area contributed by atoms with E-state index in [1.807, 2.05) is 24.9 Å². The molecule has 1 fully saturated rings. The molecule has 1 aliphatic rings. The first-order valence-electron chi connectivity index (χ1n) is 12.9. The van der Waals surface area contributed by atoms with E-state index in [0.717, 1.165) is 42.8 Å². The lowest BCUT2D eigenvalue weighted by atomic mass is 10.1. The number of anilines is 3. The average molecular weight is 501 g/mol. The van der Waals surface area contributed by atoms with E-state index in [0.29, 0.717) is 34.7 Å². The van der Waals surface area contributed by atoms with Gasteiger partial charge >= 0.3 is 0 Å². The third kappa shape index (κ3) is 4.86. The van der Waals surface area contributed by atoms with Gasteiger partial charge in [-0.05, 0) is 68.3 Å². The Balaban J connectivity index is 1.60. The van der Waals surface area contributed by atoms with Crippen molar-refractivity contribution in [2.45, 2.75) is 45.6 Å². The number of rotatable bonds is 5. The predicted molar refractivity (Wildman–Crippen MR) is 143 cm³/mol. The van der Waals surface area contributed by atoms with Crippen molar-refractivity contribution in [3.63, 3.8) is 0 Å². The maximum atomic E-state index is 15.4. The molecule has 0 spiro atoms. The summed E-state index contributed by atoms with van der Waals surface area (Å²) >= 11 is 0. The Bertz CT molecular complexity index is 1450. The van der Waals surface area contributed by atoms with Gasteiger partial charge in [-0.2, -0.15) is 10.4 Å². The van der Waals surface area contributed by atoms with Crippen LogP contribution in [0.4, 0.5) is 26.1 Å². The molecule has 5 rings (SSSR count). The van der Waals surface area contributed by atoms with Gasteiger partial charge in [0.25, 0.3) is 0 Å². The molecule has 0 N–H and O–H groups in total. The summed E-state index contributed by atoms with van der Waals surface area (Å²) in [5.41, 5.74) is 2.70. The molecule has 0 aliphatic carbocycles. The molecule has 0 atom stereocenters. The van der Waals surface area contributed by atoms with E-state index in [2.05, 4.69) is 16.1 Å². The van der Waals surface area contributed by atoms with E-state index >= 15 is 4.39 Å². The fourth-order valence-corrected chi connectivity index (χ4v) is 5.09. The van der Waals surface area contributed by atoms with Crippen LogP contribution in [0.1, 0.15) is 44.6 Å². The van der Waals surface area contributed by atoms with Crippen LogP contribution in [0, 0.1) is 23.0 Å². The molecule has 0 bridgehead atoms. The van der Waals surface area contributed by atoms with Crippen LogP contribution in [0.2, 0.25) is 0 Å². The maximum absolute atomic E-state index is 15.4. The van der Waals surface area contributed by atoms with Crippen molar-refractivity contribution in [3.8, 4) is 17.3 Å². The number of aryl methyl sites for hydroxylation is 1. The lowest BCUT2D eigenvalue weighted by molar-refractivity contribution is 0.555. The monoisotopic (exact) mass is 500 g/mol. The minimum absolute atomic E-state index is 0.326. The maximum Gasteiger partial charge on any atom is 0.153 e. The highest BCUT2D eigenvalue weighted by molar-refractivity contribution is 5.95. The standard InChI is InChI=1S/C29H30F2N6/c1-3-37-29(24-17-23(18-25(31)28(24)34-37)36-15-7-5-4-6-8-16-36)35(2)26-14-11-21(19-32)27(33-26)20-9-12-22(30)13-10-20/h9-14,17-18H,3-8,15-16H2,1-2H3. The zero-order chi connectivity index (χ0) is 25.9. The van der Waals surface area contributed by atoms with E-state index in [1.165, 1.54) is 31.4 Å². The first-order chi connectivity index (χ1) is 18.0. The van der Waals surface area contributed by atoms with Crippen LogP contribution < -0.4 is 9.80 Å². The smallest absolute Gasteiger partial charge is 0.153 e. The summed E-state index contributed by atoms with van der Waals surface area (Å²) in [6.07, 6.45) is 5.86. The van der Waals surface area contributed by atoms with Gasteiger partial charge in [0.2, 0.25) is 0 Å². The second-order valence-corrected chi connectivity index (χ2v) is 9.46. The van der Waals surface area contributed by atoms with Gasteiger partial charge in [-0.15, -0.1) is 0 Å². The number of fused-ring (bicyclic) bond motifs is 1. The van der Waals surface area contributed by atoms with Gasteiger partial charge < -0.3 is 9.80 Å². The van der Waals surface area contributed by atoms with Crippen LogP contribution in [0.25, 0.3) is 22.2 Å². The summed E-state index contributed by atoms with van der Waals surface area (Å²) in [4.78, 5) is 8.93. The van der Waals surface area contributed by atoms with Crippen molar-refractivity contribution < 1.29 is 8.78 Å². The van der Waals surface area contributed by atoms with Gasteiger partial charge in [-0.25, -0.2) is 18.4 Å². The highest BCUT2D eigenvalue weighted by Gasteiger charge is 2.22. The number of nitrogens with zero attached hydrogens (tertiary/aromatic N) is 6. The Hall–Kier alpha value is -3.99. The van der Waals surface area contributed by atoms with Crippen LogP contribution in [-0.4, -0.2) is 34.9 Å². The molecule has 0 radical (unpaired) electrons. The van der Waals surface area contributed by atoms with Crippen LogP contribution in [0.3, 0.4) is 0 Å². The molecule has 1 saturated heterocycles. The molecule has 8 heteroatoms. The number of hydrogen-bond acceptors (Lipinski definition) is 5. The minimum Gasteiger partial charge on any atom is -0.371 e. The number of hydrogen-bond donors (Lipinski definition) is 0. The van der Waals surface area contributed by atoms with Gasteiger partial charge in [-0.1, -0.05) is 19.3 Å². The largest absolute Gasteiger partial charge is 0.371 e. The van der Waals surface area contributed by atoms with Gasteiger partial charge in [0.1, 0.15) is 29.0 Å². The lowest BCUT2D eigenvalue weighted by Gasteiger charge is -2.27. The highest BCUT2D eigenvalue weighted by Crippen LogP contribution is 2.36. The SMILES string of the molecule is CCn1nc2c(F)cc(N3CCCCCCC3)cc2c1N(C)c1ccc(C#N)c(-c2ccc(F)cc2)n1. The molecule has 0 unspecified atom stereocenters. The van der Waals surface area contributed by atoms with Gasteiger partial charge in [0.05, 0.1) is 11.3 Å². The van der Waals surface area contributed by atoms with Crippen molar-refractivity contribution in [3.05, 3.63) is 65.7 Å². The van der Waals surface area contributed by atoms with Gasteiger partial charge in [-0.3, -0.25) is 0 Å². The zero-order valence-electron chi connectivity index (χ0n) is 21.2. The summed E-state index contributed by atoms with van der Waals surface area (Å²) in [6, 6.07) is 15.2. The summed E-state index contributed by atoms with van der Waals surface area (Å²) in [5, 5.41) is 15.0. The van der Waals surface area contributed by atoms with Gasteiger partial charge in [0, 0.05) is 43.3 Å². The molecule has 2 aromatic heterocycles. The van der Waals surface area contributed by atoms with E-state index in [-0.39, 0.29) is 11.6 Å². The number of aromatic nitrogens is 3. The summed E-state index contributed by atoms with van der Waals surface area (Å²) in [6.45, 7) is 4.34. The minimum atomic E-state index is -0.355. The van der Waals surface area contributed by atoms with Crippen molar-refractivity contribution in [2.24, 2.45) is 0 Å². The molecule has 0 amide bonds. The molecule has 1 aliphatic heterocycles. The van der Waals surface area contributed by atoms with Crippen LogP contribution in [0.15, 0.2) is 48.5 Å². The highest BCUT2D eigenvalue weighted by atomic mass is 19.1.